The molecule has 1 aromatic carbocycles. The molecule has 1 aromatic heterocycles. The van der Waals surface area contributed by atoms with Gasteiger partial charge in [-0.05, 0) is 12.1 Å². The van der Waals surface area contributed by atoms with Crippen LogP contribution in [0.1, 0.15) is 0 Å². The van der Waals surface area contributed by atoms with E-state index >= 15 is 0 Å². The number of aromatic nitrogens is 1. The van der Waals surface area contributed by atoms with Crippen molar-refractivity contribution in [3.8, 4) is 5.75 Å². The van der Waals surface area contributed by atoms with Crippen molar-refractivity contribution in [1.82, 2.24) is 4.98 Å². The molecular weight excluding hydrogens is 218 g/mol. The number of benzene rings is 1. The normalized spacial score (nSPS) is 16.5. The first-order valence-corrected chi connectivity index (χ1v) is 5.62. The zero-order valence-corrected chi connectivity index (χ0v) is 9.33. The van der Waals surface area contributed by atoms with E-state index in [0.717, 1.165) is 16.7 Å². The quantitative estimate of drug-likeness (QED) is 0.810. The summed E-state index contributed by atoms with van der Waals surface area (Å²) in [7, 11) is 0. The highest BCUT2D eigenvalue weighted by Gasteiger charge is 2.16. The van der Waals surface area contributed by atoms with Gasteiger partial charge in [0, 0.05) is 5.39 Å². The highest BCUT2D eigenvalue weighted by molar-refractivity contribution is 5.79. The van der Waals surface area contributed by atoms with Crippen LogP contribution in [-0.4, -0.2) is 31.1 Å². The molecule has 3 rings (SSSR count). The van der Waals surface area contributed by atoms with Gasteiger partial charge >= 0.3 is 0 Å². The van der Waals surface area contributed by atoms with E-state index in [4.69, 9.17) is 14.2 Å². The SMILES string of the molecule is c1ccc2ncc(OCC3OCCO3)cc2c1. The van der Waals surface area contributed by atoms with Crippen LogP contribution >= 0.6 is 0 Å². The Morgan fingerprint density at radius 1 is 1.24 bits per heavy atom. The molecule has 4 nitrogen and oxygen atoms in total. The molecule has 0 amide bonds. The first-order valence-electron chi connectivity index (χ1n) is 5.62. The molecule has 4 heteroatoms. The molecule has 0 radical (unpaired) electrons. The van der Waals surface area contributed by atoms with Crippen LogP contribution in [0.4, 0.5) is 0 Å². The topological polar surface area (TPSA) is 40.6 Å². The van der Waals surface area contributed by atoms with Crippen molar-refractivity contribution in [2.75, 3.05) is 19.8 Å². The monoisotopic (exact) mass is 231 g/mol. The van der Waals surface area contributed by atoms with E-state index in [-0.39, 0.29) is 6.29 Å². The average Bonchev–Trinajstić information content (AvgIpc) is 2.89. The van der Waals surface area contributed by atoms with Crippen molar-refractivity contribution in [3.63, 3.8) is 0 Å². The van der Waals surface area contributed by atoms with Crippen LogP contribution in [-0.2, 0) is 9.47 Å². The van der Waals surface area contributed by atoms with E-state index < -0.39 is 0 Å². The van der Waals surface area contributed by atoms with Crippen LogP contribution < -0.4 is 4.74 Å². The van der Waals surface area contributed by atoms with Gasteiger partial charge in [0.25, 0.3) is 0 Å². The van der Waals surface area contributed by atoms with Gasteiger partial charge in [0.05, 0.1) is 24.9 Å². The summed E-state index contributed by atoms with van der Waals surface area (Å²) in [6.45, 7) is 1.69. The summed E-state index contributed by atoms with van der Waals surface area (Å²) in [5, 5.41) is 1.07. The van der Waals surface area contributed by atoms with Gasteiger partial charge in [-0.15, -0.1) is 0 Å². The summed E-state index contributed by atoms with van der Waals surface area (Å²) in [4.78, 5) is 4.32. The maximum Gasteiger partial charge on any atom is 0.191 e. The van der Waals surface area contributed by atoms with Crippen molar-refractivity contribution < 1.29 is 14.2 Å². The third-order valence-corrected chi connectivity index (χ3v) is 2.64. The number of pyridine rings is 1. The first-order chi connectivity index (χ1) is 8.42. The minimum atomic E-state index is -0.249. The lowest BCUT2D eigenvalue weighted by Crippen LogP contribution is -2.18. The standard InChI is InChI=1S/C13H13NO3/c1-2-4-12-10(3-1)7-11(8-14-12)17-9-13-15-5-6-16-13/h1-4,7-8,13H,5-6,9H2. The van der Waals surface area contributed by atoms with E-state index in [2.05, 4.69) is 4.98 Å². The van der Waals surface area contributed by atoms with E-state index in [0.29, 0.717) is 19.8 Å². The molecule has 1 fully saturated rings. The second kappa shape index (κ2) is 4.69. The summed E-state index contributed by atoms with van der Waals surface area (Å²) in [6.07, 6.45) is 1.47. The molecule has 1 saturated heterocycles. The van der Waals surface area contributed by atoms with Crippen LogP contribution in [0.15, 0.2) is 36.5 Å². The minimum absolute atomic E-state index is 0.249. The highest BCUT2D eigenvalue weighted by Crippen LogP contribution is 2.18. The van der Waals surface area contributed by atoms with Gasteiger partial charge in [-0.1, -0.05) is 18.2 Å². The molecule has 1 aliphatic heterocycles. The van der Waals surface area contributed by atoms with Crippen LogP contribution in [0.25, 0.3) is 10.9 Å². The number of fused-ring (bicyclic) bond motifs is 1. The summed E-state index contributed by atoms with van der Waals surface area (Å²) in [5.74, 6) is 0.739. The highest BCUT2D eigenvalue weighted by atomic mass is 16.7. The smallest absolute Gasteiger partial charge is 0.191 e. The van der Waals surface area contributed by atoms with Gasteiger partial charge < -0.3 is 14.2 Å². The van der Waals surface area contributed by atoms with Crippen molar-refractivity contribution in [1.29, 1.82) is 0 Å². The number of ether oxygens (including phenoxy) is 3. The lowest BCUT2D eigenvalue weighted by atomic mass is 10.2. The number of hydrogen-bond acceptors (Lipinski definition) is 4. The summed E-state index contributed by atoms with van der Waals surface area (Å²) in [6, 6.07) is 9.91. The fourth-order valence-electron chi connectivity index (χ4n) is 1.80. The van der Waals surface area contributed by atoms with E-state index in [1.807, 2.05) is 30.3 Å². The van der Waals surface area contributed by atoms with Gasteiger partial charge in [-0.2, -0.15) is 0 Å². The Bertz CT molecular complexity index is 509. The summed E-state index contributed by atoms with van der Waals surface area (Å²) >= 11 is 0. The third kappa shape index (κ3) is 2.38. The molecule has 17 heavy (non-hydrogen) atoms. The van der Waals surface area contributed by atoms with Crippen LogP contribution in [0.3, 0.4) is 0 Å². The minimum Gasteiger partial charge on any atom is -0.487 e. The Kier molecular flexibility index (Phi) is 2.90. The van der Waals surface area contributed by atoms with Crippen LogP contribution in [0, 0.1) is 0 Å². The second-order valence-electron chi connectivity index (χ2n) is 3.85. The fourth-order valence-corrected chi connectivity index (χ4v) is 1.80. The lowest BCUT2D eigenvalue weighted by molar-refractivity contribution is -0.0684. The van der Waals surface area contributed by atoms with Crippen molar-refractivity contribution >= 4 is 10.9 Å². The molecule has 0 bridgehead atoms. The zero-order chi connectivity index (χ0) is 11.5. The zero-order valence-electron chi connectivity index (χ0n) is 9.33. The summed E-state index contributed by atoms with van der Waals surface area (Å²) in [5.41, 5.74) is 0.966. The molecule has 2 heterocycles. The Morgan fingerprint density at radius 3 is 2.94 bits per heavy atom. The Morgan fingerprint density at radius 2 is 2.06 bits per heavy atom. The van der Waals surface area contributed by atoms with Crippen molar-refractivity contribution in [2.24, 2.45) is 0 Å². The van der Waals surface area contributed by atoms with Gasteiger partial charge in [-0.25, -0.2) is 0 Å². The van der Waals surface area contributed by atoms with Crippen LogP contribution in [0.2, 0.25) is 0 Å². The van der Waals surface area contributed by atoms with Gasteiger partial charge in [0.2, 0.25) is 0 Å². The van der Waals surface area contributed by atoms with Crippen molar-refractivity contribution in [2.45, 2.75) is 6.29 Å². The first kappa shape index (κ1) is 10.5. The molecule has 0 aliphatic carbocycles. The molecule has 0 unspecified atom stereocenters. The number of hydrogen-bond donors (Lipinski definition) is 0. The molecule has 0 spiro atoms. The average molecular weight is 231 g/mol. The molecule has 2 aromatic rings. The second-order valence-corrected chi connectivity index (χ2v) is 3.85. The van der Waals surface area contributed by atoms with Gasteiger partial charge in [0.1, 0.15) is 12.4 Å². The van der Waals surface area contributed by atoms with Crippen molar-refractivity contribution in [3.05, 3.63) is 36.5 Å². The Balaban J connectivity index is 1.72. The van der Waals surface area contributed by atoms with E-state index in [1.54, 1.807) is 6.20 Å². The Hall–Kier alpha value is -1.65. The maximum absolute atomic E-state index is 5.59. The maximum atomic E-state index is 5.59. The van der Waals surface area contributed by atoms with Gasteiger partial charge in [-0.3, -0.25) is 4.98 Å². The molecule has 1 aliphatic rings. The number of rotatable bonds is 3. The number of para-hydroxylation sites is 1. The molecule has 0 saturated carbocycles. The predicted octanol–water partition coefficient (Wildman–Crippen LogP) is 1.99. The van der Waals surface area contributed by atoms with Gasteiger partial charge in [0.15, 0.2) is 6.29 Å². The third-order valence-electron chi connectivity index (χ3n) is 2.64. The Labute approximate surface area is 99.1 Å². The fraction of sp³-hybridized carbons (Fsp3) is 0.308. The lowest BCUT2D eigenvalue weighted by Gasteiger charge is -2.11. The van der Waals surface area contributed by atoms with E-state index in [9.17, 15) is 0 Å². The predicted molar refractivity (Wildman–Crippen MR) is 62.9 cm³/mol. The van der Waals surface area contributed by atoms with E-state index in [1.165, 1.54) is 0 Å². The number of nitrogens with zero attached hydrogens (tertiary/aromatic N) is 1. The summed E-state index contributed by atoms with van der Waals surface area (Å²) < 4.78 is 16.2. The molecule has 0 atom stereocenters. The molecule has 0 N–H and O–H groups in total. The molecule has 88 valence electrons. The van der Waals surface area contributed by atoms with Crippen LogP contribution in [0.5, 0.6) is 5.75 Å². The molecular formula is C13H13NO3. The largest absolute Gasteiger partial charge is 0.487 e.